The van der Waals surface area contributed by atoms with Crippen LogP contribution in [0.3, 0.4) is 0 Å². The number of halogens is 1. The molecule has 0 saturated carbocycles. The lowest BCUT2D eigenvalue weighted by Gasteiger charge is -2.35. The Bertz CT molecular complexity index is 403. The lowest BCUT2D eigenvalue weighted by atomic mass is 10.2. The van der Waals surface area contributed by atoms with Gasteiger partial charge in [-0.2, -0.15) is 11.8 Å². The number of pyridine rings is 1. The molecule has 5 heteroatoms. The van der Waals surface area contributed by atoms with Crippen molar-refractivity contribution in [2.75, 3.05) is 25.0 Å². The highest BCUT2D eigenvalue weighted by atomic mass is 35.5. The van der Waals surface area contributed by atoms with Gasteiger partial charge in [-0.15, -0.1) is 0 Å². The fraction of sp³-hybridized carbons (Fsp3) is 0.615. The molecule has 1 N–H and O–H groups in total. The largest absolute Gasteiger partial charge is 0.354 e. The van der Waals surface area contributed by atoms with E-state index in [1.165, 1.54) is 0 Å². The summed E-state index contributed by atoms with van der Waals surface area (Å²) >= 11 is 8.20. The normalized spacial score (nSPS) is 24.3. The van der Waals surface area contributed by atoms with E-state index in [1.807, 2.05) is 18.8 Å². The monoisotopic (exact) mass is 285 g/mol. The Kier molecular flexibility index (Phi) is 4.76. The van der Waals surface area contributed by atoms with Crippen LogP contribution in [0.2, 0.25) is 5.02 Å². The van der Waals surface area contributed by atoms with Gasteiger partial charge in [-0.05, 0) is 18.7 Å². The average molecular weight is 286 g/mol. The van der Waals surface area contributed by atoms with Crippen LogP contribution in [0, 0.1) is 0 Å². The maximum Gasteiger partial charge on any atom is 0.128 e. The molecular weight excluding hydrogens is 266 g/mol. The van der Waals surface area contributed by atoms with Crippen molar-refractivity contribution in [3.8, 4) is 0 Å². The Hall–Kier alpha value is -0.450. The van der Waals surface area contributed by atoms with Gasteiger partial charge in [-0.25, -0.2) is 4.98 Å². The van der Waals surface area contributed by atoms with Crippen molar-refractivity contribution in [2.24, 2.45) is 0 Å². The van der Waals surface area contributed by atoms with Crippen molar-refractivity contribution in [1.82, 2.24) is 10.3 Å². The molecule has 3 nitrogen and oxygen atoms in total. The molecule has 0 radical (unpaired) electrons. The minimum absolute atomic E-state index is 0.652. The SMILES string of the molecule is CNCc1cc(N2CC(C)SC(C)C2)ncc1Cl. The van der Waals surface area contributed by atoms with Crippen molar-refractivity contribution in [3.63, 3.8) is 0 Å². The zero-order chi connectivity index (χ0) is 13.1. The lowest BCUT2D eigenvalue weighted by Crippen LogP contribution is -2.40. The van der Waals surface area contributed by atoms with Crippen molar-refractivity contribution in [2.45, 2.75) is 30.9 Å². The predicted molar refractivity (Wildman–Crippen MR) is 80.7 cm³/mol. The van der Waals surface area contributed by atoms with Crippen LogP contribution in [0.4, 0.5) is 5.82 Å². The maximum absolute atomic E-state index is 6.15. The van der Waals surface area contributed by atoms with Crippen LogP contribution in [-0.4, -0.2) is 35.6 Å². The van der Waals surface area contributed by atoms with Crippen molar-refractivity contribution in [1.29, 1.82) is 0 Å². The van der Waals surface area contributed by atoms with Gasteiger partial charge < -0.3 is 10.2 Å². The molecule has 0 spiro atoms. The molecule has 1 aromatic heterocycles. The van der Waals surface area contributed by atoms with Crippen LogP contribution in [0.15, 0.2) is 12.3 Å². The van der Waals surface area contributed by atoms with E-state index in [2.05, 4.69) is 35.1 Å². The molecular formula is C13H20ClN3S. The molecule has 1 fully saturated rings. The summed E-state index contributed by atoms with van der Waals surface area (Å²) in [4.78, 5) is 6.83. The smallest absolute Gasteiger partial charge is 0.128 e. The topological polar surface area (TPSA) is 28.2 Å². The molecule has 0 aliphatic carbocycles. The van der Waals surface area contributed by atoms with E-state index in [0.29, 0.717) is 10.5 Å². The highest BCUT2D eigenvalue weighted by Gasteiger charge is 2.23. The second-order valence-electron chi connectivity index (χ2n) is 4.83. The minimum atomic E-state index is 0.652. The predicted octanol–water partition coefficient (Wildman–Crippen LogP) is 2.78. The van der Waals surface area contributed by atoms with Gasteiger partial charge >= 0.3 is 0 Å². The number of aromatic nitrogens is 1. The molecule has 1 aromatic rings. The van der Waals surface area contributed by atoms with E-state index >= 15 is 0 Å². The molecule has 2 rings (SSSR count). The lowest BCUT2D eigenvalue weighted by molar-refractivity contribution is 0.716. The molecule has 18 heavy (non-hydrogen) atoms. The highest BCUT2D eigenvalue weighted by molar-refractivity contribution is 8.00. The number of nitrogens with zero attached hydrogens (tertiary/aromatic N) is 2. The number of nitrogens with one attached hydrogen (secondary N) is 1. The van der Waals surface area contributed by atoms with Gasteiger partial charge in [0.05, 0.1) is 5.02 Å². The number of rotatable bonds is 3. The number of hydrogen-bond donors (Lipinski definition) is 1. The number of anilines is 1. The van der Waals surface area contributed by atoms with Crippen molar-refractivity contribution >= 4 is 29.2 Å². The number of hydrogen-bond acceptors (Lipinski definition) is 4. The number of thioether (sulfide) groups is 1. The zero-order valence-electron chi connectivity index (χ0n) is 11.1. The first-order valence-electron chi connectivity index (χ1n) is 6.29. The molecule has 1 aliphatic heterocycles. The molecule has 2 unspecified atom stereocenters. The molecule has 0 aromatic carbocycles. The van der Waals surface area contributed by atoms with Crippen LogP contribution in [0.5, 0.6) is 0 Å². The summed E-state index contributed by atoms with van der Waals surface area (Å²) in [7, 11) is 1.93. The summed E-state index contributed by atoms with van der Waals surface area (Å²) in [6.07, 6.45) is 1.76. The van der Waals surface area contributed by atoms with Gasteiger partial charge in [0.1, 0.15) is 5.82 Å². The minimum Gasteiger partial charge on any atom is -0.354 e. The fourth-order valence-corrected chi connectivity index (χ4v) is 3.83. The van der Waals surface area contributed by atoms with E-state index in [1.54, 1.807) is 6.20 Å². The van der Waals surface area contributed by atoms with Gasteiger partial charge in [0.25, 0.3) is 0 Å². The zero-order valence-corrected chi connectivity index (χ0v) is 12.7. The summed E-state index contributed by atoms with van der Waals surface area (Å²) in [5.41, 5.74) is 1.11. The molecule has 0 amide bonds. The van der Waals surface area contributed by atoms with Crippen molar-refractivity contribution in [3.05, 3.63) is 22.8 Å². The Morgan fingerprint density at radius 1 is 1.44 bits per heavy atom. The third-order valence-corrected chi connectivity index (χ3v) is 4.60. The first-order chi connectivity index (χ1) is 8.60. The van der Waals surface area contributed by atoms with Crippen LogP contribution in [-0.2, 0) is 6.54 Å². The van der Waals surface area contributed by atoms with Gasteiger partial charge in [0, 0.05) is 36.3 Å². The van der Waals surface area contributed by atoms with E-state index in [4.69, 9.17) is 11.6 Å². The van der Waals surface area contributed by atoms with E-state index in [9.17, 15) is 0 Å². The van der Waals surface area contributed by atoms with Gasteiger partial charge in [-0.3, -0.25) is 0 Å². The van der Waals surface area contributed by atoms with Crippen LogP contribution in [0.25, 0.3) is 0 Å². The van der Waals surface area contributed by atoms with Crippen LogP contribution in [0.1, 0.15) is 19.4 Å². The maximum atomic E-state index is 6.15. The van der Waals surface area contributed by atoms with Crippen LogP contribution < -0.4 is 10.2 Å². The summed E-state index contributed by atoms with van der Waals surface area (Å²) in [5.74, 6) is 1.05. The molecule has 1 aliphatic rings. The van der Waals surface area contributed by atoms with E-state index in [-0.39, 0.29) is 0 Å². The first-order valence-corrected chi connectivity index (χ1v) is 7.61. The second-order valence-corrected chi connectivity index (χ2v) is 7.12. The van der Waals surface area contributed by atoms with E-state index in [0.717, 1.165) is 36.0 Å². The summed E-state index contributed by atoms with van der Waals surface area (Å²) in [6.45, 7) is 7.45. The Balaban J connectivity index is 2.19. The Morgan fingerprint density at radius 2 is 2.11 bits per heavy atom. The van der Waals surface area contributed by atoms with Gasteiger partial charge in [0.15, 0.2) is 0 Å². The quantitative estimate of drug-likeness (QED) is 0.924. The standard InChI is InChI=1S/C13H20ClN3S/c1-9-7-17(8-10(2)18-9)13-4-11(5-15-3)12(14)6-16-13/h4,6,9-10,15H,5,7-8H2,1-3H3. The summed E-state index contributed by atoms with van der Waals surface area (Å²) in [5, 5.41) is 5.18. The molecule has 0 bridgehead atoms. The highest BCUT2D eigenvalue weighted by Crippen LogP contribution is 2.29. The summed E-state index contributed by atoms with van der Waals surface area (Å²) in [6, 6.07) is 2.11. The molecule has 2 heterocycles. The van der Waals surface area contributed by atoms with Crippen LogP contribution >= 0.6 is 23.4 Å². The average Bonchev–Trinajstić information content (AvgIpc) is 2.31. The van der Waals surface area contributed by atoms with Gasteiger partial charge in [0.2, 0.25) is 0 Å². The Morgan fingerprint density at radius 3 is 2.72 bits per heavy atom. The third-order valence-electron chi connectivity index (χ3n) is 3.03. The Labute approximate surface area is 118 Å². The second kappa shape index (κ2) is 6.13. The molecule has 100 valence electrons. The fourth-order valence-electron chi connectivity index (χ4n) is 2.33. The van der Waals surface area contributed by atoms with Crippen molar-refractivity contribution < 1.29 is 0 Å². The summed E-state index contributed by atoms with van der Waals surface area (Å²) < 4.78 is 0. The van der Waals surface area contributed by atoms with E-state index < -0.39 is 0 Å². The molecule has 2 atom stereocenters. The molecule has 1 saturated heterocycles. The van der Waals surface area contributed by atoms with Gasteiger partial charge in [-0.1, -0.05) is 25.4 Å². The first kappa shape index (κ1) is 14.0. The third kappa shape index (κ3) is 3.31.